The fourth-order valence-corrected chi connectivity index (χ4v) is 1.65. The average molecular weight is 362 g/mol. The van der Waals surface area contributed by atoms with Gasteiger partial charge in [0.2, 0.25) is 0 Å². The predicted octanol–water partition coefficient (Wildman–Crippen LogP) is -2.58. The number of aliphatic carboxylic acids is 1. The van der Waals surface area contributed by atoms with E-state index in [0.29, 0.717) is 6.42 Å². The lowest BCUT2D eigenvalue weighted by atomic mass is 9.96. The summed E-state index contributed by atoms with van der Waals surface area (Å²) in [5.74, 6) is -5.61. The van der Waals surface area contributed by atoms with Gasteiger partial charge in [-0.05, 0) is 12.8 Å². The van der Waals surface area contributed by atoms with Gasteiger partial charge < -0.3 is 36.5 Å². The SMILES string of the molecule is COC(=O)CC(O)(CC(=O)OC(=O)[C@@H](N)CCCNC(=N)N)C(=O)O. The summed E-state index contributed by atoms with van der Waals surface area (Å²) in [7, 11) is 0.979. The first-order valence-electron chi connectivity index (χ1n) is 7.12. The second-order valence-electron chi connectivity index (χ2n) is 5.15. The number of carboxylic acid groups (broad SMARTS) is 1. The second-order valence-corrected chi connectivity index (χ2v) is 5.15. The number of ether oxygens (including phenoxy) is 2. The summed E-state index contributed by atoms with van der Waals surface area (Å²) < 4.78 is 8.62. The van der Waals surface area contributed by atoms with Crippen LogP contribution in [0, 0.1) is 5.41 Å². The fraction of sp³-hybridized carbons (Fsp3) is 0.615. The second kappa shape index (κ2) is 10.2. The number of esters is 3. The average Bonchev–Trinajstić information content (AvgIpc) is 2.50. The van der Waals surface area contributed by atoms with Crippen LogP contribution in [0.5, 0.6) is 0 Å². The smallest absolute Gasteiger partial charge is 0.336 e. The van der Waals surface area contributed by atoms with Gasteiger partial charge >= 0.3 is 23.9 Å². The molecular weight excluding hydrogens is 340 g/mol. The number of carbonyl (C=O) groups is 4. The first-order valence-corrected chi connectivity index (χ1v) is 7.12. The van der Waals surface area contributed by atoms with Gasteiger partial charge in [-0.15, -0.1) is 0 Å². The van der Waals surface area contributed by atoms with Crippen LogP contribution in [0.15, 0.2) is 0 Å². The molecule has 0 spiro atoms. The highest BCUT2D eigenvalue weighted by molar-refractivity contribution is 5.93. The number of guanidine groups is 1. The summed E-state index contributed by atoms with van der Waals surface area (Å²) in [5, 5.41) is 28.2. The predicted molar refractivity (Wildman–Crippen MR) is 82.1 cm³/mol. The number of methoxy groups -OCH3 is 1. The summed E-state index contributed by atoms with van der Waals surface area (Å²) in [6.45, 7) is 0.280. The molecule has 25 heavy (non-hydrogen) atoms. The molecule has 0 saturated carbocycles. The first-order chi connectivity index (χ1) is 11.5. The molecular formula is C13H22N4O8. The zero-order valence-electron chi connectivity index (χ0n) is 13.6. The Kier molecular flexibility index (Phi) is 9.09. The van der Waals surface area contributed by atoms with E-state index in [2.05, 4.69) is 14.8 Å². The Morgan fingerprint density at radius 1 is 1.24 bits per heavy atom. The van der Waals surface area contributed by atoms with Crippen LogP contribution in [0.2, 0.25) is 0 Å². The van der Waals surface area contributed by atoms with Crippen LogP contribution < -0.4 is 16.8 Å². The minimum atomic E-state index is -2.76. The van der Waals surface area contributed by atoms with Crippen molar-refractivity contribution in [1.82, 2.24) is 5.32 Å². The molecule has 1 unspecified atom stereocenters. The zero-order chi connectivity index (χ0) is 19.6. The largest absolute Gasteiger partial charge is 0.479 e. The third-order valence-corrected chi connectivity index (χ3v) is 3.02. The van der Waals surface area contributed by atoms with Gasteiger partial charge in [-0.1, -0.05) is 0 Å². The van der Waals surface area contributed by atoms with E-state index in [1.165, 1.54) is 0 Å². The highest BCUT2D eigenvalue weighted by atomic mass is 16.6. The van der Waals surface area contributed by atoms with Crippen LogP contribution in [-0.2, 0) is 28.7 Å². The van der Waals surface area contributed by atoms with Gasteiger partial charge in [-0.2, -0.15) is 0 Å². The van der Waals surface area contributed by atoms with E-state index in [9.17, 15) is 24.3 Å². The van der Waals surface area contributed by atoms with Crippen LogP contribution in [0.25, 0.3) is 0 Å². The summed E-state index contributed by atoms with van der Waals surface area (Å²) >= 11 is 0. The van der Waals surface area contributed by atoms with Gasteiger partial charge in [0.05, 0.1) is 20.0 Å². The number of nitrogens with two attached hydrogens (primary N) is 2. The Morgan fingerprint density at radius 2 is 1.80 bits per heavy atom. The van der Waals surface area contributed by atoms with Crippen molar-refractivity contribution >= 4 is 29.8 Å². The van der Waals surface area contributed by atoms with E-state index < -0.39 is 48.4 Å². The van der Waals surface area contributed by atoms with E-state index >= 15 is 0 Å². The molecule has 0 radical (unpaired) electrons. The Balaban J connectivity index is 4.54. The standard InChI is InChI=1S/C13H22N4O8/c1-24-8(18)5-13(23,11(21)22)6-9(19)25-10(20)7(14)3-2-4-17-12(15)16/h7,23H,2-6,14H2,1H3,(H,21,22)(H4,15,16,17)/t7-,13?/m0/s1. The third-order valence-electron chi connectivity index (χ3n) is 3.02. The minimum Gasteiger partial charge on any atom is -0.479 e. The lowest BCUT2D eigenvalue weighted by Gasteiger charge is -2.21. The molecule has 0 aromatic heterocycles. The monoisotopic (exact) mass is 362 g/mol. The lowest BCUT2D eigenvalue weighted by Crippen LogP contribution is -2.44. The molecule has 0 aliphatic carbocycles. The zero-order valence-corrected chi connectivity index (χ0v) is 13.6. The molecule has 0 aromatic rings. The third kappa shape index (κ3) is 8.62. The molecule has 0 aliphatic heterocycles. The van der Waals surface area contributed by atoms with Crippen molar-refractivity contribution in [1.29, 1.82) is 5.41 Å². The number of aliphatic hydroxyl groups is 1. The van der Waals surface area contributed by atoms with Crippen molar-refractivity contribution in [2.24, 2.45) is 11.5 Å². The Labute approximate surface area is 142 Å². The molecule has 0 aromatic carbocycles. The number of carbonyl (C=O) groups excluding carboxylic acids is 3. The van der Waals surface area contributed by atoms with Crippen LogP contribution in [0.3, 0.4) is 0 Å². The molecule has 0 saturated heterocycles. The van der Waals surface area contributed by atoms with Crippen molar-refractivity contribution in [3.8, 4) is 0 Å². The van der Waals surface area contributed by atoms with Gasteiger partial charge in [-0.25, -0.2) is 9.59 Å². The maximum absolute atomic E-state index is 11.6. The molecule has 2 atom stereocenters. The molecule has 0 amide bonds. The van der Waals surface area contributed by atoms with Crippen molar-refractivity contribution < 1.29 is 38.9 Å². The van der Waals surface area contributed by atoms with E-state index in [1.54, 1.807) is 0 Å². The van der Waals surface area contributed by atoms with Crippen LogP contribution >= 0.6 is 0 Å². The molecule has 12 nitrogen and oxygen atoms in total. The molecule has 142 valence electrons. The van der Waals surface area contributed by atoms with Crippen molar-refractivity contribution in [2.75, 3.05) is 13.7 Å². The van der Waals surface area contributed by atoms with Crippen molar-refractivity contribution in [3.63, 3.8) is 0 Å². The highest BCUT2D eigenvalue weighted by Gasteiger charge is 2.42. The first kappa shape index (κ1) is 22.3. The van der Waals surface area contributed by atoms with E-state index in [-0.39, 0.29) is 18.9 Å². The maximum atomic E-state index is 11.6. The van der Waals surface area contributed by atoms with Gasteiger partial charge in [0, 0.05) is 6.54 Å². The van der Waals surface area contributed by atoms with Crippen LogP contribution in [0.1, 0.15) is 25.7 Å². The summed E-state index contributed by atoms with van der Waals surface area (Å²) in [6, 6.07) is -1.17. The summed E-state index contributed by atoms with van der Waals surface area (Å²) in [6.07, 6.45) is -1.67. The fourth-order valence-electron chi connectivity index (χ4n) is 1.65. The normalized spacial score (nSPS) is 13.9. The quantitative estimate of drug-likeness (QED) is 0.0779. The Morgan fingerprint density at radius 3 is 2.28 bits per heavy atom. The molecule has 0 bridgehead atoms. The Hall–Kier alpha value is -2.73. The summed E-state index contributed by atoms with van der Waals surface area (Å²) in [4.78, 5) is 45.4. The minimum absolute atomic E-state index is 0.109. The summed E-state index contributed by atoms with van der Waals surface area (Å²) in [5.41, 5.74) is 7.81. The lowest BCUT2D eigenvalue weighted by molar-refractivity contribution is -0.175. The number of hydrogen-bond acceptors (Lipinski definition) is 9. The van der Waals surface area contributed by atoms with E-state index in [1.807, 2.05) is 0 Å². The number of rotatable bonds is 10. The van der Waals surface area contributed by atoms with Crippen molar-refractivity contribution in [3.05, 3.63) is 0 Å². The topological polar surface area (TPSA) is 215 Å². The molecule has 12 heteroatoms. The number of nitrogens with one attached hydrogen (secondary N) is 2. The molecule has 0 heterocycles. The Bertz CT molecular complexity index is 538. The molecule has 0 aliphatic rings. The highest BCUT2D eigenvalue weighted by Crippen LogP contribution is 2.18. The maximum Gasteiger partial charge on any atom is 0.336 e. The van der Waals surface area contributed by atoms with Gasteiger partial charge in [0.15, 0.2) is 11.6 Å². The van der Waals surface area contributed by atoms with Crippen molar-refractivity contribution in [2.45, 2.75) is 37.3 Å². The van der Waals surface area contributed by atoms with Gasteiger partial charge in [0.1, 0.15) is 6.04 Å². The van der Waals surface area contributed by atoms with E-state index in [0.717, 1.165) is 7.11 Å². The molecule has 0 rings (SSSR count). The molecule has 0 fully saturated rings. The number of hydrogen-bond donors (Lipinski definition) is 6. The number of carboxylic acids is 1. The van der Waals surface area contributed by atoms with Crippen LogP contribution in [0.4, 0.5) is 0 Å². The van der Waals surface area contributed by atoms with E-state index in [4.69, 9.17) is 22.0 Å². The van der Waals surface area contributed by atoms with Gasteiger partial charge in [0.25, 0.3) is 0 Å². The van der Waals surface area contributed by atoms with Gasteiger partial charge in [-0.3, -0.25) is 15.0 Å². The van der Waals surface area contributed by atoms with Crippen LogP contribution in [-0.4, -0.2) is 65.3 Å². The molecule has 8 N–H and O–H groups in total.